The van der Waals surface area contributed by atoms with Crippen molar-refractivity contribution in [2.24, 2.45) is 0 Å². The molecule has 0 aromatic heterocycles. The summed E-state index contributed by atoms with van der Waals surface area (Å²) in [4.78, 5) is 26.6. The Morgan fingerprint density at radius 2 is 1.89 bits per heavy atom. The SMILES string of the molecule is COc1ccc(OCC(=O)N2CCCC3(C2)OC(=O)c2ccccc23)cc1. The second-order valence-corrected chi connectivity index (χ2v) is 6.81. The highest BCUT2D eigenvalue weighted by atomic mass is 16.6. The van der Waals surface area contributed by atoms with E-state index in [0.29, 0.717) is 24.4 Å². The van der Waals surface area contributed by atoms with E-state index in [1.165, 1.54) is 0 Å². The Labute approximate surface area is 157 Å². The standard InChI is InChI=1S/C21H21NO5/c1-25-15-7-9-16(10-8-15)26-13-19(23)22-12-4-11-21(14-22)18-6-3-2-5-17(18)20(24)27-21/h2-3,5-10H,4,11-14H2,1H3. The van der Waals surface area contributed by atoms with E-state index < -0.39 is 5.60 Å². The molecule has 0 aliphatic carbocycles. The number of esters is 1. The van der Waals surface area contributed by atoms with E-state index in [4.69, 9.17) is 14.2 Å². The highest BCUT2D eigenvalue weighted by molar-refractivity contribution is 5.95. The van der Waals surface area contributed by atoms with E-state index in [2.05, 4.69) is 0 Å². The van der Waals surface area contributed by atoms with Gasteiger partial charge in [0, 0.05) is 12.1 Å². The number of hydrogen-bond donors (Lipinski definition) is 0. The van der Waals surface area contributed by atoms with Crippen molar-refractivity contribution in [3.05, 3.63) is 59.7 Å². The molecule has 2 aliphatic heterocycles. The van der Waals surface area contributed by atoms with Crippen molar-refractivity contribution in [3.63, 3.8) is 0 Å². The number of amides is 1. The third-order valence-corrected chi connectivity index (χ3v) is 5.16. The summed E-state index contributed by atoms with van der Waals surface area (Å²) in [7, 11) is 1.60. The van der Waals surface area contributed by atoms with E-state index >= 15 is 0 Å². The zero-order chi connectivity index (χ0) is 18.9. The summed E-state index contributed by atoms with van der Waals surface area (Å²) in [6, 6.07) is 14.5. The van der Waals surface area contributed by atoms with Crippen LogP contribution in [0.1, 0.15) is 28.8 Å². The van der Waals surface area contributed by atoms with Gasteiger partial charge in [0.05, 0.1) is 19.2 Å². The Morgan fingerprint density at radius 1 is 1.15 bits per heavy atom. The Bertz CT molecular complexity index is 863. The van der Waals surface area contributed by atoms with Crippen LogP contribution < -0.4 is 9.47 Å². The average molecular weight is 367 g/mol. The van der Waals surface area contributed by atoms with Gasteiger partial charge in [-0.2, -0.15) is 0 Å². The fourth-order valence-corrected chi connectivity index (χ4v) is 3.79. The van der Waals surface area contributed by atoms with E-state index in [9.17, 15) is 9.59 Å². The minimum atomic E-state index is -0.734. The summed E-state index contributed by atoms with van der Waals surface area (Å²) in [5.41, 5.74) is 0.742. The van der Waals surface area contributed by atoms with E-state index in [1.54, 1.807) is 42.3 Å². The largest absolute Gasteiger partial charge is 0.497 e. The number of fused-ring (bicyclic) bond motifs is 2. The molecule has 0 saturated carbocycles. The zero-order valence-corrected chi connectivity index (χ0v) is 15.1. The first-order valence-corrected chi connectivity index (χ1v) is 8.99. The molecule has 2 aromatic rings. The van der Waals surface area contributed by atoms with Gasteiger partial charge in [-0.3, -0.25) is 4.79 Å². The summed E-state index contributed by atoms with van der Waals surface area (Å²) < 4.78 is 16.5. The molecular weight excluding hydrogens is 346 g/mol. The number of carbonyl (C=O) groups excluding carboxylic acids is 2. The van der Waals surface area contributed by atoms with Crippen LogP contribution in [0.4, 0.5) is 0 Å². The summed E-state index contributed by atoms with van der Waals surface area (Å²) >= 11 is 0. The molecule has 4 rings (SSSR count). The summed E-state index contributed by atoms with van der Waals surface area (Å²) in [6.45, 7) is 0.935. The number of methoxy groups -OCH3 is 1. The molecule has 1 amide bonds. The quantitative estimate of drug-likeness (QED) is 0.778. The van der Waals surface area contributed by atoms with Crippen LogP contribution in [0.2, 0.25) is 0 Å². The molecule has 140 valence electrons. The van der Waals surface area contributed by atoms with Gasteiger partial charge < -0.3 is 19.1 Å². The van der Waals surface area contributed by atoms with Crippen LogP contribution in [-0.4, -0.2) is 43.6 Å². The molecule has 1 unspecified atom stereocenters. The monoisotopic (exact) mass is 367 g/mol. The second-order valence-electron chi connectivity index (χ2n) is 6.81. The number of likely N-dealkylation sites (tertiary alicyclic amines) is 1. The van der Waals surface area contributed by atoms with E-state index in [1.807, 2.05) is 18.2 Å². The smallest absolute Gasteiger partial charge is 0.339 e. The minimum Gasteiger partial charge on any atom is -0.497 e. The Hall–Kier alpha value is -3.02. The second kappa shape index (κ2) is 6.95. The lowest BCUT2D eigenvalue weighted by Gasteiger charge is -2.39. The zero-order valence-electron chi connectivity index (χ0n) is 15.1. The highest BCUT2D eigenvalue weighted by Gasteiger charge is 2.48. The number of ether oxygens (including phenoxy) is 3. The van der Waals surface area contributed by atoms with Crippen molar-refractivity contribution < 1.29 is 23.8 Å². The van der Waals surface area contributed by atoms with E-state index in [-0.39, 0.29) is 18.5 Å². The van der Waals surface area contributed by atoms with Gasteiger partial charge >= 0.3 is 5.97 Å². The van der Waals surface area contributed by atoms with E-state index in [0.717, 1.165) is 24.2 Å². The maximum absolute atomic E-state index is 12.7. The lowest BCUT2D eigenvalue weighted by molar-refractivity contribution is -0.140. The molecule has 0 bridgehead atoms. The lowest BCUT2D eigenvalue weighted by atomic mass is 9.85. The number of hydrogen-bond acceptors (Lipinski definition) is 5. The number of benzene rings is 2. The number of carbonyl (C=O) groups is 2. The lowest BCUT2D eigenvalue weighted by Crippen LogP contribution is -2.50. The van der Waals surface area contributed by atoms with Gasteiger partial charge in [-0.1, -0.05) is 18.2 Å². The van der Waals surface area contributed by atoms with Crippen LogP contribution >= 0.6 is 0 Å². The predicted molar refractivity (Wildman–Crippen MR) is 97.8 cm³/mol. The van der Waals surface area contributed by atoms with Gasteiger partial charge in [0.1, 0.15) is 11.5 Å². The van der Waals surface area contributed by atoms with Gasteiger partial charge in [0.15, 0.2) is 12.2 Å². The molecule has 1 saturated heterocycles. The molecule has 0 radical (unpaired) electrons. The maximum Gasteiger partial charge on any atom is 0.339 e. The molecule has 1 atom stereocenters. The van der Waals surface area contributed by atoms with Crippen LogP contribution in [0, 0.1) is 0 Å². The van der Waals surface area contributed by atoms with Gasteiger partial charge in [0.2, 0.25) is 0 Å². The Morgan fingerprint density at radius 3 is 2.67 bits per heavy atom. The third-order valence-electron chi connectivity index (χ3n) is 5.16. The van der Waals surface area contributed by atoms with Gasteiger partial charge in [0.25, 0.3) is 5.91 Å². The molecule has 1 fully saturated rings. The molecule has 2 aromatic carbocycles. The molecule has 27 heavy (non-hydrogen) atoms. The number of rotatable bonds is 4. The maximum atomic E-state index is 12.7. The summed E-state index contributed by atoms with van der Waals surface area (Å²) in [6.07, 6.45) is 1.49. The van der Waals surface area contributed by atoms with Crippen molar-refractivity contribution in [1.82, 2.24) is 4.90 Å². The molecular formula is C21H21NO5. The van der Waals surface area contributed by atoms with Crippen molar-refractivity contribution >= 4 is 11.9 Å². The van der Waals surface area contributed by atoms with Crippen molar-refractivity contribution in [3.8, 4) is 11.5 Å². The molecule has 2 aliphatic rings. The fraction of sp³-hybridized carbons (Fsp3) is 0.333. The molecule has 0 N–H and O–H groups in total. The van der Waals surface area contributed by atoms with Crippen LogP contribution in [-0.2, 0) is 15.1 Å². The van der Waals surface area contributed by atoms with Crippen molar-refractivity contribution in [1.29, 1.82) is 0 Å². The summed E-state index contributed by atoms with van der Waals surface area (Å²) in [5, 5.41) is 0. The van der Waals surface area contributed by atoms with Crippen LogP contribution in [0.25, 0.3) is 0 Å². The first kappa shape index (κ1) is 17.4. The third kappa shape index (κ3) is 3.23. The Kier molecular flexibility index (Phi) is 4.48. The average Bonchev–Trinajstić information content (AvgIpc) is 2.98. The molecule has 1 spiro atoms. The number of piperidine rings is 1. The summed E-state index contributed by atoms with van der Waals surface area (Å²) in [5.74, 6) is 0.904. The highest BCUT2D eigenvalue weighted by Crippen LogP contribution is 2.42. The van der Waals surface area contributed by atoms with Crippen LogP contribution in [0.3, 0.4) is 0 Å². The Balaban J connectivity index is 1.44. The molecule has 2 heterocycles. The topological polar surface area (TPSA) is 65.1 Å². The van der Waals surface area contributed by atoms with Gasteiger partial charge in [-0.05, 0) is 43.2 Å². The fourth-order valence-electron chi connectivity index (χ4n) is 3.79. The minimum absolute atomic E-state index is 0.0575. The number of nitrogens with zero attached hydrogens (tertiary/aromatic N) is 1. The predicted octanol–water partition coefficient (Wildman–Crippen LogP) is 2.76. The van der Waals surface area contributed by atoms with Crippen molar-refractivity contribution in [2.45, 2.75) is 18.4 Å². The van der Waals surface area contributed by atoms with Crippen LogP contribution in [0.5, 0.6) is 11.5 Å². The molecule has 6 heteroatoms. The first-order valence-electron chi connectivity index (χ1n) is 8.99. The normalized spacial score (nSPS) is 20.9. The van der Waals surface area contributed by atoms with Gasteiger partial charge in [-0.15, -0.1) is 0 Å². The van der Waals surface area contributed by atoms with Gasteiger partial charge in [-0.25, -0.2) is 4.79 Å². The molecule has 6 nitrogen and oxygen atoms in total. The van der Waals surface area contributed by atoms with Crippen molar-refractivity contribution in [2.75, 3.05) is 26.8 Å². The van der Waals surface area contributed by atoms with Crippen LogP contribution in [0.15, 0.2) is 48.5 Å². The first-order chi connectivity index (χ1) is 13.1.